The van der Waals surface area contributed by atoms with Crippen molar-refractivity contribution in [3.8, 4) is 0 Å². The van der Waals surface area contributed by atoms with Crippen LogP contribution in [0.25, 0.3) is 0 Å². The second-order valence-corrected chi connectivity index (χ2v) is 5.23. The number of halogens is 1. The molecule has 15 heavy (non-hydrogen) atoms. The zero-order valence-corrected chi connectivity index (χ0v) is 10.1. The highest BCUT2D eigenvalue weighted by atomic mass is 35.5. The van der Waals surface area contributed by atoms with Crippen molar-refractivity contribution in [1.29, 1.82) is 0 Å². The van der Waals surface area contributed by atoms with Crippen LogP contribution in [0.3, 0.4) is 0 Å². The van der Waals surface area contributed by atoms with Crippen LogP contribution in [-0.4, -0.2) is 6.54 Å². The molecular weight excluding hydrogens is 206 g/mol. The highest BCUT2D eigenvalue weighted by Crippen LogP contribution is 2.45. The van der Waals surface area contributed by atoms with E-state index in [0.29, 0.717) is 17.8 Å². The topological polar surface area (TPSA) is 26.0 Å². The van der Waals surface area contributed by atoms with Gasteiger partial charge in [0.05, 0.1) is 0 Å². The van der Waals surface area contributed by atoms with Crippen molar-refractivity contribution in [2.75, 3.05) is 6.54 Å². The van der Waals surface area contributed by atoms with Gasteiger partial charge in [-0.3, -0.25) is 0 Å². The van der Waals surface area contributed by atoms with E-state index in [1.165, 1.54) is 17.5 Å². The molecule has 2 N–H and O–H groups in total. The molecule has 2 unspecified atom stereocenters. The van der Waals surface area contributed by atoms with E-state index in [2.05, 4.69) is 26.0 Å². The third-order valence-corrected chi connectivity index (χ3v) is 3.75. The van der Waals surface area contributed by atoms with Crippen molar-refractivity contribution in [2.24, 2.45) is 11.7 Å². The van der Waals surface area contributed by atoms with Gasteiger partial charge < -0.3 is 5.73 Å². The zero-order chi connectivity index (χ0) is 11.0. The molecule has 0 saturated heterocycles. The molecule has 0 aliphatic heterocycles. The highest BCUT2D eigenvalue weighted by Gasteiger charge is 2.31. The van der Waals surface area contributed by atoms with E-state index in [0.717, 1.165) is 11.6 Å². The van der Waals surface area contributed by atoms with Gasteiger partial charge in [0.2, 0.25) is 0 Å². The van der Waals surface area contributed by atoms with Gasteiger partial charge in [0.1, 0.15) is 0 Å². The van der Waals surface area contributed by atoms with Crippen molar-refractivity contribution in [3.63, 3.8) is 0 Å². The molecule has 1 aromatic carbocycles. The maximum atomic E-state index is 6.05. The predicted molar refractivity (Wildman–Crippen MR) is 65.4 cm³/mol. The Bertz CT molecular complexity index is 360. The molecule has 1 nitrogen and oxygen atoms in total. The second-order valence-electron chi connectivity index (χ2n) is 4.79. The first-order chi connectivity index (χ1) is 7.13. The summed E-state index contributed by atoms with van der Waals surface area (Å²) in [6.07, 6.45) is 1.18. The molecule has 1 aliphatic rings. The summed E-state index contributed by atoms with van der Waals surface area (Å²) in [4.78, 5) is 0. The van der Waals surface area contributed by atoms with Gasteiger partial charge in [0, 0.05) is 5.02 Å². The Hall–Kier alpha value is -0.530. The number of nitrogens with two attached hydrogens (primary N) is 1. The molecule has 1 aliphatic carbocycles. The minimum absolute atomic E-state index is 0.532. The van der Waals surface area contributed by atoms with Crippen LogP contribution in [0.15, 0.2) is 18.2 Å². The third kappa shape index (κ3) is 1.91. The van der Waals surface area contributed by atoms with Crippen molar-refractivity contribution >= 4 is 11.6 Å². The first kappa shape index (κ1) is 11.0. The third-order valence-electron chi connectivity index (χ3n) is 3.52. The van der Waals surface area contributed by atoms with Crippen LogP contribution in [0.5, 0.6) is 0 Å². The fourth-order valence-electron chi connectivity index (χ4n) is 2.65. The fraction of sp³-hybridized carbons (Fsp3) is 0.538. The summed E-state index contributed by atoms with van der Waals surface area (Å²) in [5.74, 6) is 1.83. The van der Waals surface area contributed by atoms with Crippen LogP contribution in [-0.2, 0) is 0 Å². The molecule has 0 spiro atoms. The van der Waals surface area contributed by atoms with E-state index in [1.807, 2.05) is 6.07 Å². The van der Waals surface area contributed by atoms with Gasteiger partial charge in [0.25, 0.3) is 0 Å². The van der Waals surface area contributed by atoms with Crippen LogP contribution >= 0.6 is 11.6 Å². The molecule has 1 aromatic rings. The fourth-order valence-corrected chi connectivity index (χ4v) is 2.83. The summed E-state index contributed by atoms with van der Waals surface area (Å²) in [5, 5.41) is 0.845. The van der Waals surface area contributed by atoms with Gasteiger partial charge in [-0.15, -0.1) is 0 Å². The number of rotatable bonds is 2. The van der Waals surface area contributed by atoms with E-state index in [4.69, 9.17) is 17.3 Å². The lowest BCUT2D eigenvalue weighted by atomic mass is 9.90. The molecule has 0 amide bonds. The van der Waals surface area contributed by atoms with Gasteiger partial charge in [-0.05, 0) is 54.0 Å². The van der Waals surface area contributed by atoms with Gasteiger partial charge >= 0.3 is 0 Å². The average Bonchev–Trinajstić information content (AvgIpc) is 2.55. The SMILES string of the molecule is CC(C)C1CC(CN)c2ccc(Cl)cc21. The maximum Gasteiger partial charge on any atom is 0.0409 e. The van der Waals surface area contributed by atoms with Crippen molar-refractivity contribution in [2.45, 2.75) is 32.1 Å². The van der Waals surface area contributed by atoms with Crippen LogP contribution in [0, 0.1) is 5.92 Å². The Morgan fingerprint density at radius 1 is 1.40 bits per heavy atom. The van der Waals surface area contributed by atoms with E-state index in [-0.39, 0.29) is 0 Å². The van der Waals surface area contributed by atoms with Gasteiger partial charge in [-0.2, -0.15) is 0 Å². The molecule has 0 saturated carbocycles. The largest absolute Gasteiger partial charge is 0.330 e. The van der Waals surface area contributed by atoms with Crippen LogP contribution in [0.4, 0.5) is 0 Å². The molecule has 0 aromatic heterocycles. The van der Waals surface area contributed by atoms with E-state index < -0.39 is 0 Å². The van der Waals surface area contributed by atoms with Crippen molar-refractivity contribution in [1.82, 2.24) is 0 Å². The summed E-state index contributed by atoms with van der Waals surface area (Å²) in [6, 6.07) is 6.25. The monoisotopic (exact) mass is 223 g/mol. The number of fused-ring (bicyclic) bond motifs is 1. The van der Waals surface area contributed by atoms with Crippen molar-refractivity contribution < 1.29 is 0 Å². The lowest BCUT2D eigenvalue weighted by Gasteiger charge is -2.15. The molecule has 2 heteroatoms. The molecule has 2 atom stereocenters. The summed E-state index contributed by atoms with van der Waals surface area (Å²) in [6.45, 7) is 5.29. The summed E-state index contributed by atoms with van der Waals surface area (Å²) >= 11 is 6.05. The second kappa shape index (κ2) is 4.15. The van der Waals surface area contributed by atoms with E-state index in [1.54, 1.807) is 0 Å². The normalized spacial score (nSPS) is 24.6. The summed E-state index contributed by atoms with van der Waals surface area (Å²) < 4.78 is 0. The molecule has 0 bridgehead atoms. The quantitative estimate of drug-likeness (QED) is 0.816. The van der Waals surface area contributed by atoms with Crippen LogP contribution < -0.4 is 5.73 Å². The predicted octanol–water partition coefficient (Wildman–Crippen LogP) is 3.53. The lowest BCUT2D eigenvalue weighted by Crippen LogP contribution is -2.10. The number of hydrogen-bond donors (Lipinski definition) is 1. The van der Waals surface area contributed by atoms with Crippen molar-refractivity contribution in [3.05, 3.63) is 34.3 Å². The lowest BCUT2D eigenvalue weighted by molar-refractivity contribution is 0.468. The Morgan fingerprint density at radius 2 is 2.13 bits per heavy atom. The summed E-state index contributed by atoms with van der Waals surface area (Å²) in [7, 11) is 0. The molecule has 82 valence electrons. The standard InChI is InChI=1S/C13H18ClN/c1-8(2)12-5-9(7-15)11-4-3-10(14)6-13(11)12/h3-4,6,8-9,12H,5,7,15H2,1-2H3. The number of hydrogen-bond acceptors (Lipinski definition) is 1. The zero-order valence-electron chi connectivity index (χ0n) is 9.33. The Labute approximate surface area is 96.6 Å². The van der Waals surface area contributed by atoms with E-state index >= 15 is 0 Å². The molecular formula is C13H18ClN. The van der Waals surface area contributed by atoms with Gasteiger partial charge in [-0.25, -0.2) is 0 Å². The average molecular weight is 224 g/mol. The maximum absolute atomic E-state index is 6.05. The summed E-state index contributed by atoms with van der Waals surface area (Å²) in [5.41, 5.74) is 8.66. The van der Waals surface area contributed by atoms with Crippen LogP contribution in [0.2, 0.25) is 5.02 Å². The first-order valence-corrected chi connectivity index (χ1v) is 6.00. The Balaban J connectivity index is 2.43. The Morgan fingerprint density at radius 3 is 2.73 bits per heavy atom. The molecule has 0 radical (unpaired) electrons. The highest BCUT2D eigenvalue weighted by molar-refractivity contribution is 6.30. The number of benzene rings is 1. The Kier molecular flexibility index (Phi) is 3.03. The van der Waals surface area contributed by atoms with Gasteiger partial charge in [0.15, 0.2) is 0 Å². The van der Waals surface area contributed by atoms with Crippen LogP contribution in [0.1, 0.15) is 43.2 Å². The minimum atomic E-state index is 0.532. The smallest absolute Gasteiger partial charge is 0.0409 e. The first-order valence-electron chi connectivity index (χ1n) is 5.63. The molecule has 2 rings (SSSR count). The van der Waals surface area contributed by atoms with Gasteiger partial charge in [-0.1, -0.05) is 31.5 Å². The molecule has 0 heterocycles. The minimum Gasteiger partial charge on any atom is -0.330 e. The molecule has 0 fully saturated rings. The van der Waals surface area contributed by atoms with E-state index in [9.17, 15) is 0 Å².